The zero-order valence-corrected chi connectivity index (χ0v) is 25.7. The Morgan fingerprint density at radius 2 is 1.53 bits per heavy atom. The van der Waals surface area contributed by atoms with Gasteiger partial charge in [0, 0.05) is 10.0 Å². The van der Waals surface area contributed by atoms with Gasteiger partial charge < -0.3 is 10.1 Å². The van der Waals surface area contributed by atoms with Gasteiger partial charge in [0.25, 0.3) is 21.8 Å². The van der Waals surface area contributed by atoms with Crippen LogP contribution < -0.4 is 19.8 Å². The molecule has 4 aromatic rings. The second kappa shape index (κ2) is 14.4. The Balaban J connectivity index is 1.38. The van der Waals surface area contributed by atoms with Crippen molar-refractivity contribution in [2.45, 2.75) is 11.8 Å². The van der Waals surface area contributed by atoms with Crippen LogP contribution >= 0.6 is 34.8 Å². The summed E-state index contributed by atoms with van der Waals surface area (Å²) in [6, 6.07) is 23.9. The Bertz CT molecular complexity index is 1730. The van der Waals surface area contributed by atoms with Gasteiger partial charge in [-0.05, 0) is 79.2 Å². The van der Waals surface area contributed by atoms with E-state index in [4.69, 9.17) is 39.5 Å². The third kappa shape index (κ3) is 8.95. The van der Waals surface area contributed by atoms with Crippen LogP contribution in [-0.4, -0.2) is 39.6 Å². The molecular weight excluding hydrogens is 635 g/mol. The molecule has 2 N–H and O–H groups in total. The molecule has 2 amide bonds. The summed E-state index contributed by atoms with van der Waals surface area (Å²) >= 11 is 18.3. The summed E-state index contributed by atoms with van der Waals surface area (Å²) in [7, 11) is -4.16. The lowest BCUT2D eigenvalue weighted by Crippen LogP contribution is -2.39. The van der Waals surface area contributed by atoms with Gasteiger partial charge in [-0.25, -0.2) is 13.8 Å². The normalized spacial score (nSPS) is 11.3. The minimum absolute atomic E-state index is 0.00541. The molecule has 0 aliphatic heterocycles. The van der Waals surface area contributed by atoms with Gasteiger partial charge in [0.2, 0.25) is 0 Å². The number of benzene rings is 4. The Hall–Kier alpha value is -4.09. The van der Waals surface area contributed by atoms with Gasteiger partial charge in [-0.2, -0.15) is 5.10 Å². The quantitative estimate of drug-likeness (QED) is 0.144. The molecule has 43 heavy (non-hydrogen) atoms. The fourth-order valence-electron chi connectivity index (χ4n) is 3.73. The van der Waals surface area contributed by atoms with E-state index in [1.54, 1.807) is 60.7 Å². The number of carbonyl (C=O) groups is 2. The Labute approximate surface area is 264 Å². The van der Waals surface area contributed by atoms with E-state index in [1.807, 2.05) is 6.92 Å². The van der Waals surface area contributed by atoms with E-state index in [-0.39, 0.29) is 33.1 Å². The Kier molecular flexibility index (Phi) is 10.7. The predicted molar refractivity (Wildman–Crippen MR) is 170 cm³/mol. The SMILES string of the molecule is Cc1ccc(S(=O)(=O)N(CC(=O)N/N=C\c2ccc(OCC(=O)Nc3ccccc3Cl)cc2)c2cc(Cl)cc(Cl)c2)cc1. The first-order valence-electron chi connectivity index (χ1n) is 12.7. The molecule has 4 rings (SSSR count). The van der Waals surface area contributed by atoms with E-state index in [0.29, 0.717) is 22.0 Å². The van der Waals surface area contributed by atoms with Crippen LogP contribution in [0.2, 0.25) is 15.1 Å². The molecule has 222 valence electrons. The molecule has 0 atom stereocenters. The number of hydrogen-bond acceptors (Lipinski definition) is 6. The number of amides is 2. The average Bonchev–Trinajstić information content (AvgIpc) is 2.96. The van der Waals surface area contributed by atoms with Crippen LogP contribution in [0.15, 0.2) is 101 Å². The number of sulfonamides is 1. The zero-order chi connectivity index (χ0) is 31.0. The molecule has 0 heterocycles. The number of ether oxygens (including phenoxy) is 1. The molecule has 0 aromatic heterocycles. The van der Waals surface area contributed by atoms with Crippen molar-refractivity contribution in [3.05, 3.63) is 117 Å². The van der Waals surface area contributed by atoms with Crippen LogP contribution in [0.25, 0.3) is 0 Å². The summed E-state index contributed by atoms with van der Waals surface area (Å²) in [5.41, 5.74) is 4.43. The van der Waals surface area contributed by atoms with Crippen molar-refractivity contribution in [3.8, 4) is 5.75 Å². The highest BCUT2D eigenvalue weighted by Crippen LogP contribution is 2.30. The molecule has 0 aliphatic rings. The third-order valence-electron chi connectivity index (χ3n) is 5.83. The Morgan fingerprint density at radius 1 is 0.884 bits per heavy atom. The third-order valence-corrected chi connectivity index (χ3v) is 8.39. The van der Waals surface area contributed by atoms with Gasteiger partial charge in [0.15, 0.2) is 6.61 Å². The number of aryl methyl sites for hydroxylation is 1. The van der Waals surface area contributed by atoms with Crippen molar-refractivity contribution in [2.24, 2.45) is 5.10 Å². The molecule has 0 fully saturated rings. The van der Waals surface area contributed by atoms with E-state index < -0.39 is 22.5 Å². The number of hydrogen-bond donors (Lipinski definition) is 2. The first kappa shape index (κ1) is 31.8. The summed E-state index contributed by atoms with van der Waals surface area (Å²) in [6.07, 6.45) is 1.38. The maximum atomic E-state index is 13.5. The predicted octanol–water partition coefficient (Wildman–Crippen LogP) is 6.32. The molecule has 0 unspecified atom stereocenters. The standard InChI is InChI=1S/C30H25Cl3N4O5S/c1-20-6-12-26(13-7-20)43(40,41)37(24-15-22(31)14-23(32)16-24)18-29(38)36-34-17-21-8-10-25(11-9-21)42-19-30(39)35-28-5-3-2-4-27(28)33/h2-17H,18-19H2,1H3,(H,35,39)(H,36,38)/b34-17-. The summed E-state index contributed by atoms with van der Waals surface area (Å²) in [6.45, 7) is 1.01. The van der Waals surface area contributed by atoms with Crippen molar-refractivity contribution < 1.29 is 22.7 Å². The van der Waals surface area contributed by atoms with Crippen LogP contribution in [0, 0.1) is 6.92 Å². The van der Waals surface area contributed by atoms with E-state index >= 15 is 0 Å². The van der Waals surface area contributed by atoms with Crippen molar-refractivity contribution in [2.75, 3.05) is 22.8 Å². The highest BCUT2D eigenvalue weighted by Gasteiger charge is 2.27. The van der Waals surface area contributed by atoms with Gasteiger partial charge in [-0.15, -0.1) is 0 Å². The molecule has 0 spiro atoms. The molecule has 0 saturated heterocycles. The van der Waals surface area contributed by atoms with Crippen LogP contribution in [0.1, 0.15) is 11.1 Å². The molecule has 9 nitrogen and oxygen atoms in total. The fourth-order valence-corrected chi connectivity index (χ4v) is 5.83. The number of rotatable bonds is 11. The molecule has 0 bridgehead atoms. The van der Waals surface area contributed by atoms with Gasteiger partial charge in [0.1, 0.15) is 12.3 Å². The lowest BCUT2D eigenvalue weighted by molar-refractivity contribution is -0.119. The van der Waals surface area contributed by atoms with Crippen molar-refractivity contribution >= 4 is 74.2 Å². The number of nitrogens with zero attached hydrogens (tertiary/aromatic N) is 2. The average molecular weight is 660 g/mol. The highest BCUT2D eigenvalue weighted by molar-refractivity contribution is 7.92. The number of halogens is 3. The molecule has 0 saturated carbocycles. The van der Waals surface area contributed by atoms with Gasteiger partial charge >= 0.3 is 0 Å². The van der Waals surface area contributed by atoms with Crippen LogP contribution in [0.3, 0.4) is 0 Å². The zero-order valence-electron chi connectivity index (χ0n) is 22.6. The van der Waals surface area contributed by atoms with E-state index in [1.165, 1.54) is 36.5 Å². The van der Waals surface area contributed by atoms with Crippen LogP contribution in [-0.2, 0) is 19.6 Å². The van der Waals surface area contributed by atoms with Crippen molar-refractivity contribution in [1.29, 1.82) is 0 Å². The lowest BCUT2D eigenvalue weighted by Gasteiger charge is -2.24. The van der Waals surface area contributed by atoms with Gasteiger partial charge in [0.05, 0.1) is 27.5 Å². The van der Waals surface area contributed by atoms with Crippen molar-refractivity contribution in [1.82, 2.24) is 5.43 Å². The number of para-hydroxylation sites is 1. The second-order valence-corrected chi connectivity index (χ2v) is 12.3. The maximum Gasteiger partial charge on any atom is 0.264 e. The summed E-state index contributed by atoms with van der Waals surface area (Å²) in [5.74, 6) is -0.639. The van der Waals surface area contributed by atoms with Gasteiger partial charge in [-0.1, -0.05) is 64.6 Å². The smallest absolute Gasteiger partial charge is 0.264 e. The molecule has 13 heteroatoms. The molecule has 0 aliphatic carbocycles. The van der Waals surface area contributed by atoms with E-state index in [9.17, 15) is 18.0 Å². The minimum Gasteiger partial charge on any atom is -0.484 e. The number of hydrazone groups is 1. The molecule has 4 aromatic carbocycles. The Morgan fingerprint density at radius 3 is 2.19 bits per heavy atom. The van der Waals surface area contributed by atoms with Crippen LogP contribution in [0.4, 0.5) is 11.4 Å². The molecular formula is C30H25Cl3N4O5S. The summed E-state index contributed by atoms with van der Waals surface area (Å²) < 4.78 is 33.4. The highest BCUT2D eigenvalue weighted by atomic mass is 35.5. The topological polar surface area (TPSA) is 117 Å². The fraction of sp³-hybridized carbons (Fsp3) is 0.100. The van der Waals surface area contributed by atoms with E-state index in [0.717, 1.165) is 9.87 Å². The van der Waals surface area contributed by atoms with E-state index in [2.05, 4.69) is 15.8 Å². The van der Waals surface area contributed by atoms with Gasteiger partial charge in [-0.3, -0.25) is 13.9 Å². The molecule has 0 radical (unpaired) electrons. The largest absolute Gasteiger partial charge is 0.484 e. The summed E-state index contributed by atoms with van der Waals surface area (Å²) in [4.78, 5) is 25.0. The minimum atomic E-state index is -4.16. The van der Waals surface area contributed by atoms with Crippen molar-refractivity contribution in [3.63, 3.8) is 0 Å². The first-order chi connectivity index (χ1) is 20.5. The number of nitrogens with one attached hydrogen (secondary N) is 2. The monoisotopic (exact) mass is 658 g/mol. The first-order valence-corrected chi connectivity index (χ1v) is 15.2. The summed E-state index contributed by atoms with van der Waals surface area (Å²) in [5, 5.41) is 7.43. The van der Waals surface area contributed by atoms with Crippen LogP contribution in [0.5, 0.6) is 5.75 Å². The number of anilines is 2. The number of carbonyl (C=O) groups excluding carboxylic acids is 2. The lowest BCUT2D eigenvalue weighted by atomic mass is 10.2. The maximum absolute atomic E-state index is 13.5. The second-order valence-electron chi connectivity index (χ2n) is 9.13.